The van der Waals surface area contributed by atoms with Gasteiger partial charge in [-0.15, -0.1) is 0 Å². The summed E-state index contributed by atoms with van der Waals surface area (Å²) < 4.78 is 48.5. The number of ether oxygens (including phenoxy) is 1. The molecule has 0 amide bonds. The Bertz CT molecular complexity index is 1650. The number of benzene rings is 3. The zero-order chi connectivity index (χ0) is 27.4. The molecule has 4 rings (SSSR count). The first-order valence-corrected chi connectivity index (χ1v) is 11.9. The van der Waals surface area contributed by atoms with Crippen molar-refractivity contribution in [3.05, 3.63) is 117 Å². The summed E-state index contributed by atoms with van der Waals surface area (Å²) in [7, 11) is 0. The van der Waals surface area contributed by atoms with Crippen LogP contribution in [-0.2, 0) is 12.7 Å². The van der Waals surface area contributed by atoms with Gasteiger partial charge in [0.15, 0.2) is 0 Å². The second-order valence-electron chi connectivity index (χ2n) is 8.64. The van der Waals surface area contributed by atoms with E-state index in [0.717, 1.165) is 28.3 Å². The predicted molar refractivity (Wildman–Crippen MR) is 143 cm³/mol. The normalized spacial score (nSPS) is 10.9. The van der Waals surface area contributed by atoms with Crippen molar-refractivity contribution in [1.29, 1.82) is 5.26 Å². The third-order valence-electron chi connectivity index (χ3n) is 5.98. The van der Waals surface area contributed by atoms with Gasteiger partial charge in [0, 0.05) is 5.56 Å². The highest BCUT2D eigenvalue weighted by Gasteiger charge is 2.36. The number of thiol groups is 1. The first kappa shape index (κ1) is 26.7. The second-order valence-corrected chi connectivity index (χ2v) is 8.86. The molecule has 0 spiro atoms. The number of hydrogen-bond donors (Lipinski definition) is 1. The molecule has 38 heavy (non-hydrogen) atoms. The van der Waals surface area contributed by atoms with Gasteiger partial charge in [-0.3, -0.25) is 4.79 Å². The lowest BCUT2D eigenvalue weighted by atomic mass is 10.0. The second kappa shape index (κ2) is 10.9. The maximum Gasteiger partial charge on any atom is 0.417 e. The minimum absolute atomic E-state index is 0.00682. The maximum atomic E-state index is 13.8. The molecule has 0 aliphatic rings. The Morgan fingerprint density at radius 3 is 2.13 bits per heavy atom. The van der Waals surface area contributed by atoms with Crippen molar-refractivity contribution >= 4 is 12.6 Å². The van der Waals surface area contributed by atoms with Crippen LogP contribution in [0.15, 0.2) is 77.6 Å². The van der Waals surface area contributed by atoms with E-state index in [1.54, 1.807) is 48.5 Å². The average Bonchev–Trinajstić information content (AvgIpc) is 2.87. The van der Waals surface area contributed by atoms with Crippen LogP contribution >= 0.6 is 12.6 Å². The van der Waals surface area contributed by atoms with Crippen LogP contribution in [0.2, 0.25) is 0 Å². The van der Waals surface area contributed by atoms with Crippen LogP contribution in [0.4, 0.5) is 13.2 Å². The van der Waals surface area contributed by atoms with Crippen LogP contribution < -0.4 is 10.3 Å². The van der Waals surface area contributed by atoms with E-state index in [9.17, 15) is 23.2 Å². The number of nitriles is 1. The molecule has 4 nitrogen and oxygen atoms in total. The van der Waals surface area contributed by atoms with E-state index >= 15 is 0 Å². The number of aryl methyl sites for hydroxylation is 2. The molecule has 1 aromatic heterocycles. The van der Waals surface area contributed by atoms with Crippen molar-refractivity contribution in [1.82, 2.24) is 4.57 Å². The molecular formula is C30H21F3N2O2S. The predicted octanol–water partition coefficient (Wildman–Crippen LogP) is 7.10. The smallest absolute Gasteiger partial charge is 0.417 e. The molecule has 0 atom stereocenters. The highest BCUT2D eigenvalue weighted by atomic mass is 32.1. The van der Waals surface area contributed by atoms with Gasteiger partial charge in [0.2, 0.25) is 0 Å². The van der Waals surface area contributed by atoms with E-state index < -0.39 is 22.9 Å². The number of hydrogen-bond acceptors (Lipinski definition) is 4. The third-order valence-corrected chi connectivity index (χ3v) is 6.10. The summed E-state index contributed by atoms with van der Waals surface area (Å²) in [6.07, 6.45) is -4.87. The summed E-state index contributed by atoms with van der Waals surface area (Å²) in [5.41, 5.74) is 0.649. The van der Waals surface area contributed by atoms with Crippen molar-refractivity contribution in [3.8, 4) is 40.0 Å². The maximum absolute atomic E-state index is 13.8. The quantitative estimate of drug-likeness (QED) is 0.221. The molecule has 8 heteroatoms. The molecule has 0 aliphatic carbocycles. The standard InChI is InChI=1S/C30H21F3N2O2S/c1-19-3-6-23(20(2)15-19)18-35-28(16-27(30(31,32)33)26(17-34)29(35)36)22-7-11-25(12-8-22)37-24-9-4-21(5-10-24)13-14-38/h3-12,15-16,38H,18H2,1-2H3. The molecule has 0 saturated carbocycles. The van der Waals surface area contributed by atoms with Gasteiger partial charge in [-0.25, -0.2) is 0 Å². The Kier molecular flexibility index (Phi) is 7.66. The lowest BCUT2D eigenvalue weighted by Crippen LogP contribution is -2.29. The first-order valence-electron chi connectivity index (χ1n) is 11.5. The zero-order valence-electron chi connectivity index (χ0n) is 20.4. The van der Waals surface area contributed by atoms with E-state index in [2.05, 4.69) is 23.8 Å². The van der Waals surface area contributed by atoms with Crippen molar-refractivity contribution < 1.29 is 17.9 Å². The summed E-state index contributed by atoms with van der Waals surface area (Å²) in [4.78, 5) is 13.2. The molecule has 4 aromatic rings. The summed E-state index contributed by atoms with van der Waals surface area (Å²) in [6.45, 7) is 3.80. The Labute approximate surface area is 223 Å². The fourth-order valence-electron chi connectivity index (χ4n) is 4.07. The van der Waals surface area contributed by atoms with Crippen LogP contribution in [-0.4, -0.2) is 4.57 Å². The lowest BCUT2D eigenvalue weighted by molar-refractivity contribution is -0.137. The Balaban J connectivity index is 1.78. The number of rotatable bonds is 5. The van der Waals surface area contributed by atoms with Gasteiger partial charge in [0.05, 0.1) is 17.8 Å². The molecule has 0 bridgehead atoms. The average molecular weight is 531 g/mol. The van der Waals surface area contributed by atoms with Gasteiger partial charge < -0.3 is 9.30 Å². The summed E-state index contributed by atoms with van der Waals surface area (Å²) in [6, 6.07) is 21.3. The Morgan fingerprint density at radius 1 is 0.947 bits per heavy atom. The van der Waals surface area contributed by atoms with Crippen LogP contribution in [0.25, 0.3) is 11.3 Å². The van der Waals surface area contributed by atoms with E-state index in [0.29, 0.717) is 17.1 Å². The number of halogens is 3. The highest BCUT2D eigenvalue weighted by Crippen LogP contribution is 2.34. The highest BCUT2D eigenvalue weighted by molar-refractivity contribution is 7.85. The SMILES string of the molecule is Cc1ccc(Cn2c(-c3ccc(Oc4ccc(C#CS)cc4)cc3)cc(C(F)(F)F)c(C#N)c2=O)c(C)c1. The van der Waals surface area contributed by atoms with Gasteiger partial charge >= 0.3 is 6.18 Å². The molecule has 0 radical (unpaired) electrons. The van der Waals surface area contributed by atoms with Gasteiger partial charge in [0.25, 0.3) is 5.56 Å². The number of nitrogens with zero attached hydrogens (tertiary/aromatic N) is 2. The van der Waals surface area contributed by atoms with Gasteiger partial charge in [-0.05, 0) is 90.4 Å². The zero-order valence-corrected chi connectivity index (χ0v) is 21.3. The van der Waals surface area contributed by atoms with Gasteiger partial charge in [-0.2, -0.15) is 18.4 Å². The van der Waals surface area contributed by atoms with Crippen molar-refractivity contribution in [2.24, 2.45) is 0 Å². The van der Waals surface area contributed by atoms with Crippen LogP contribution in [0.5, 0.6) is 11.5 Å². The van der Waals surface area contributed by atoms with Crippen LogP contribution in [0.1, 0.15) is 33.4 Å². The minimum atomic E-state index is -4.87. The topological polar surface area (TPSA) is 55.0 Å². The van der Waals surface area contributed by atoms with E-state index in [1.165, 1.54) is 10.6 Å². The summed E-state index contributed by atoms with van der Waals surface area (Å²) in [5.74, 6) is 3.81. The fraction of sp³-hybridized carbons (Fsp3) is 0.133. The Morgan fingerprint density at radius 2 is 1.58 bits per heavy atom. The van der Waals surface area contributed by atoms with E-state index in [1.807, 2.05) is 32.0 Å². The van der Waals surface area contributed by atoms with Crippen LogP contribution in [0.3, 0.4) is 0 Å². The minimum Gasteiger partial charge on any atom is -0.457 e. The molecule has 190 valence electrons. The molecule has 0 fully saturated rings. The first-order chi connectivity index (χ1) is 18.1. The van der Waals surface area contributed by atoms with Gasteiger partial charge in [0.1, 0.15) is 23.1 Å². The van der Waals surface area contributed by atoms with E-state index in [4.69, 9.17) is 4.74 Å². The van der Waals surface area contributed by atoms with Crippen molar-refractivity contribution in [3.63, 3.8) is 0 Å². The molecule has 0 saturated heterocycles. The molecule has 1 heterocycles. The number of alkyl halides is 3. The molecular weight excluding hydrogens is 509 g/mol. The van der Waals surface area contributed by atoms with Crippen LogP contribution in [0, 0.1) is 36.4 Å². The molecule has 0 unspecified atom stereocenters. The number of aromatic nitrogens is 1. The fourth-order valence-corrected chi connectivity index (χ4v) is 4.20. The third kappa shape index (κ3) is 5.77. The Hall–Kier alpha value is -4.40. The van der Waals surface area contributed by atoms with E-state index in [-0.39, 0.29) is 12.2 Å². The largest absolute Gasteiger partial charge is 0.457 e. The molecule has 0 N–H and O–H groups in total. The lowest BCUT2D eigenvalue weighted by Gasteiger charge is -2.19. The van der Waals surface area contributed by atoms with Gasteiger partial charge in [-0.1, -0.05) is 42.3 Å². The summed E-state index contributed by atoms with van der Waals surface area (Å²) in [5, 5.41) is 12.0. The monoisotopic (exact) mass is 530 g/mol. The summed E-state index contributed by atoms with van der Waals surface area (Å²) >= 11 is 3.87. The number of pyridine rings is 1. The van der Waals surface area contributed by atoms with Crippen molar-refractivity contribution in [2.75, 3.05) is 0 Å². The molecule has 0 aliphatic heterocycles. The van der Waals surface area contributed by atoms with Crippen molar-refractivity contribution in [2.45, 2.75) is 26.6 Å². The molecule has 3 aromatic carbocycles.